The van der Waals surface area contributed by atoms with Crippen molar-refractivity contribution in [3.63, 3.8) is 0 Å². The first-order chi connectivity index (χ1) is 18.7. The lowest BCUT2D eigenvalue weighted by Gasteiger charge is -2.50. The van der Waals surface area contributed by atoms with Gasteiger partial charge in [0.15, 0.2) is 0 Å². The lowest BCUT2D eigenvalue weighted by atomic mass is 9.62. The summed E-state index contributed by atoms with van der Waals surface area (Å²) in [6, 6.07) is 14.7. The third-order valence-electron chi connectivity index (χ3n) is 8.03. The molecule has 2 amide bonds. The SMILES string of the molecule is COCCCOc1ccccc1C1CNC(=O)CC12CCN(C(=O)[C@](OC)(c1ccccc1)C(F)(F)F)CC2. The molecular weight excluding hydrogens is 513 g/mol. The summed E-state index contributed by atoms with van der Waals surface area (Å²) in [5.41, 5.74) is -2.95. The Kier molecular flexibility index (Phi) is 8.86. The Labute approximate surface area is 226 Å². The van der Waals surface area contributed by atoms with Crippen LogP contribution in [0.25, 0.3) is 0 Å². The van der Waals surface area contributed by atoms with Crippen LogP contribution in [-0.4, -0.2) is 70.0 Å². The van der Waals surface area contributed by atoms with Crippen LogP contribution in [0.15, 0.2) is 54.6 Å². The van der Waals surface area contributed by atoms with Crippen molar-refractivity contribution >= 4 is 11.8 Å². The zero-order chi connectivity index (χ0) is 28.1. The van der Waals surface area contributed by atoms with E-state index in [-0.39, 0.29) is 36.9 Å². The van der Waals surface area contributed by atoms with Crippen LogP contribution in [0.2, 0.25) is 0 Å². The summed E-state index contributed by atoms with van der Waals surface area (Å²) in [6.45, 7) is 1.58. The fourth-order valence-corrected chi connectivity index (χ4v) is 5.97. The van der Waals surface area contributed by atoms with Crippen molar-refractivity contribution in [2.45, 2.75) is 43.4 Å². The predicted molar refractivity (Wildman–Crippen MR) is 138 cm³/mol. The van der Waals surface area contributed by atoms with E-state index in [1.165, 1.54) is 29.2 Å². The first kappa shape index (κ1) is 28.9. The number of halogens is 3. The molecule has 2 heterocycles. The molecule has 7 nitrogen and oxygen atoms in total. The van der Waals surface area contributed by atoms with Gasteiger partial charge in [0.05, 0.1) is 6.61 Å². The van der Waals surface area contributed by atoms with Crippen molar-refractivity contribution < 1.29 is 37.0 Å². The third kappa shape index (κ3) is 5.63. The predicted octanol–water partition coefficient (Wildman–Crippen LogP) is 4.42. The quantitative estimate of drug-likeness (QED) is 0.470. The average molecular weight is 549 g/mol. The van der Waals surface area contributed by atoms with E-state index < -0.39 is 23.1 Å². The number of nitrogens with one attached hydrogen (secondary N) is 1. The zero-order valence-corrected chi connectivity index (χ0v) is 22.3. The normalized spacial score (nSPS) is 20.8. The van der Waals surface area contributed by atoms with Gasteiger partial charge in [-0.1, -0.05) is 48.5 Å². The molecule has 10 heteroatoms. The highest BCUT2D eigenvalue weighted by molar-refractivity contribution is 5.88. The van der Waals surface area contributed by atoms with E-state index in [1.54, 1.807) is 13.2 Å². The average Bonchev–Trinajstić information content (AvgIpc) is 2.92. The van der Waals surface area contributed by atoms with E-state index in [2.05, 4.69) is 5.32 Å². The monoisotopic (exact) mass is 548 g/mol. The smallest absolute Gasteiger partial charge is 0.430 e. The molecule has 2 aromatic carbocycles. The Morgan fingerprint density at radius 2 is 1.69 bits per heavy atom. The van der Waals surface area contributed by atoms with Crippen LogP contribution in [0.3, 0.4) is 0 Å². The first-order valence-electron chi connectivity index (χ1n) is 13.1. The van der Waals surface area contributed by atoms with E-state index >= 15 is 0 Å². The van der Waals surface area contributed by atoms with Gasteiger partial charge in [0.1, 0.15) is 5.75 Å². The Morgan fingerprint density at radius 1 is 1.03 bits per heavy atom. The molecule has 2 aliphatic rings. The molecule has 2 aliphatic heterocycles. The van der Waals surface area contributed by atoms with Gasteiger partial charge >= 0.3 is 6.18 Å². The van der Waals surface area contributed by atoms with Gasteiger partial charge in [-0.25, -0.2) is 0 Å². The van der Waals surface area contributed by atoms with Gasteiger partial charge in [-0.05, 0) is 29.9 Å². The molecule has 0 radical (unpaired) electrons. The molecule has 1 unspecified atom stereocenters. The van der Waals surface area contributed by atoms with E-state index in [0.717, 1.165) is 19.1 Å². The molecule has 2 saturated heterocycles. The summed E-state index contributed by atoms with van der Waals surface area (Å²) in [4.78, 5) is 27.4. The number of carbonyl (C=O) groups excluding carboxylic acids is 2. The van der Waals surface area contributed by atoms with Crippen LogP contribution in [0.5, 0.6) is 5.75 Å². The Morgan fingerprint density at radius 3 is 2.33 bits per heavy atom. The van der Waals surface area contributed by atoms with E-state index in [1.807, 2.05) is 24.3 Å². The van der Waals surface area contributed by atoms with Gasteiger partial charge in [-0.2, -0.15) is 13.2 Å². The van der Waals surface area contributed by atoms with Gasteiger partial charge in [-0.3, -0.25) is 9.59 Å². The number of para-hydroxylation sites is 1. The molecule has 1 N–H and O–H groups in total. The van der Waals surface area contributed by atoms with Crippen LogP contribution in [0, 0.1) is 5.41 Å². The molecular formula is C29H35F3N2O5. The molecule has 1 spiro atoms. The van der Waals surface area contributed by atoms with Crippen molar-refractivity contribution in [3.05, 3.63) is 65.7 Å². The Balaban J connectivity index is 1.59. The van der Waals surface area contributed by atoms with Crippen molar-refractivity contribution in [2.75, 3.05) is 47.1 Å². The summed E-state index contributed by atoms with van der Waals surface area (Å²) in [6.07, 6.45) is -3.27. The number of carbonyl (C=O) groups is 2. The molecule has 2 aromatic rings. The van der Waals surface area contributed by atoms with Crippen LogP contribution in [0.1, 0.15) is 42.7 Å². The van der Waals surface area contributed by atoms with E-state index in [9.17, 15) is 22.8 Å². The van der Waals surface area contributed by atoms with Gasteiger partial charge in [0.2, 0.25) is 5.91 Å². The maximum Gasteiger partial charge on any atom is 0.430 e. The van der Waals surface area contributed by atoms with Gasteiger partial charge < -0.3 is 24.4 Å². The molecule has 212 valence electrons. The second kappa shape index (κ2) is 12.0. The molecule has 0 saturated carbocycles. The lowest BCUT2D eigenvalue weighted by molar-refractivity contribution is -0.271. The number of alkyl halides is 3. The Bertz CT molecular complexity index is 1140. The van der Waals surface area contributed by atoms with Gasteiger partial charge in [0, 0.05) is 64.8 Å². The minimum atomic E-state index is -4.97. The number of amides is 2. The number of methoxy groups -OCH3 is 2. The summed E-state index contributed by atoms with van der Waals surface area (Å²) in [7, 11) is 2.54. The van der Waals surface area contributed by atoms with Crippen molar-refractivity contribution in [1.29, 1.82) is 0 Å². The largest absolute Gasteiger partial charge is 0.493 e. The van der Waals surface area contributed by atoms with E-state index in [0.29, 0.717) is 38.3 Å². The number of benzene rings is 2. The molecule has 0 bridgehead atoms. The van der Waals surface area contributed by atoms with Crippen LogP contribution in [-0.2, 0) is 24.7 Å². The molecule has 0 aliphatic carbocycles. The molecule has 2 atom stereocenters. The lowest BCUT2D eigenvalue weighted by Crippen LogP contribution is -2.60. The number of piperidine rings is 2. The fourth-order valence-electron chi connectivity index (χ4n) is 5.97. The topological polar surface area (TPSA) is 77.1 Å². The second-order valence-corrected chi connectivity index (χ2v) is 10.2. The van der Waals surface area contributed by atoms with E-state index in [4.69, 9.17) is 14.2 Å². The third-order valence-corrected chi connectivity index (χ3v) is 8.03. The molecule has 2 fully saturated rings. The summed E-state index contributed by atoms with van der Waals surface area (Å²) in [5, 5.41) is 2.95. The number of nitrogens with zero attached hydrogens (tertiary/aromatic N) is 1. The second-order valence-electron chi connectivity index (χ2n) is 10.2. The summed E-state index contributed by atoms with van der Waals surface area (Å²) >= 11 is 0. The highest BCUT2D eigenvalue weighted by atomic mass is 19.4. The Hall–Kier alpha value is -3.11. The van der Waals surface area contributed by atoms with Crippen LogP contribution < -0.4 is 10.1 Å². The molecule has 39 heavy (non-hydrogen) atoms. The first-order valence-corrected chi connectivity index (χ1v) is 13.1. The number of likely N-dealkylation sites (tertiary alicyclic amines) is 1. The number of hydrogen-bond donors (Lipinski definition) is 1. The maximum absolute atomic E-state index is 14.5. The van der Waals surface area contributed by atoms with Gasteiger partial charge in [0.25, 0.3) is 11.5 Å². The maximum atomic E-state index is 14.5. The van der Waals surface area contributed by atoms with Gasteiger partial charge in [-0.15, -0.1) is 0 Å². The molecule has 0 aromatic heterocycles. The number of rotatable bonds is 9. The minimum absolute atomic E-state index is 0.0769. The highest BCUT2D eigenvalue weighted by Crippen LogP contribution is 2.52. The number of hydrogen-bond acceptors (Lipinski definition) is 5. The van der Waals surface area contributed by atoms with Crippen LogP contribution >= 0.6 is 0 Å². The van der Waals surface area contributed by atoms with Crippen molar-refractivity contribution in [3.8, 4) is 5.75 Å². The fraction of sp³-hybridized carbons (Fsp3) is 0.517. The zero-order valence-electron chi connectivity index (χ0n) is 22.3. The minimum Gasteiger partial charge on any atom is -0.493 e. The van der Waals surface area contributed by atoms with Crippen molar-refractivity contribution in [2.24, 2.45) is 5.41 Å². The molecule has 4 rings (SSSR count). The standard InChI is InChI=1S/C29H35F3N2O5/c1-37-17-8-18-39-24-12-7-6-11-22(24)23-20-33-25(35)19-27(23)13-15-34(16-14-27)26(36)28(38-2,29(30,31)32)21-9-4-3-5-10-21/h3-7,9-12,23H,8,13-20H2,1-2H3,(H,33,35)/t23?,28-/m1/s1. The summed E-state index contributed by atoms with van der Waals surface area (Å²) in [5.74, 6) is -0.644. The highest BCUT2D eigenvalue weighted by Gasteiger charge is 2.64. The van der Waals surface area contributed by atoms with Crippen molar-refractivity contribution in [1.82, 2.24) is 10.2 Å². The van der Waals surface area contributed by atoms with Crippen LogP contribution in [0.4, 0.5) is 13.2 Å². The summed E-state index contributed by atoms with van der Waals surface area (Å²) < 4.78 is 59.7. The number of ether oxygens (including phenoxy) is 3.